The van der Waals surface area contributed by atoms with Crippen LogP contribution in [0.15, 0.2) is 66.7 Å². The van der Waals surface area contributed by atoms with Crippen molar-refractivity contribution >= 4 is 28.1 Å². The molecular formula is C24H29N3. The molecule has 0 aliphatic carbocycles. The van der Waals surface area contributed by atoms with Crippen molar-refractivity contribution < 1.29 is 0 Å². The number of aryl methyl sites for hydroxylation is 1. The Balaban J connectivity index is 2.13. The van der Waals surface area contributed by atoms with E-state index in [2.05, 4.69) is 99.0 Å². The second kappa shape index (κ2) is 7.83. The lowest BCUT2D eigenvalue weighted by Gasteiger charge is -2.39. The van der Waals surface area contributed by atoms with Gasteiger partial charge in [0, 0.05) is 23.2 Å². The number of hydrogen-bond acceptors (Lipinski definition) is 1. The van der Waals surface area contributed by atoms with Crippen LogP contribution in [0.1, 0.15) is 33.3 Å². The van der Waals surface area contributed by atoms with E-state index in [9.17, 15) is 0 Å². The molecule has 0 heterocycles. The number of benzene rings is 3. The highest BCUT2D eigenvalue weighted by Gasteiger charge is 2.26. The van der Waals surface area contributed by atoms with E-state index >= 15 is 0 Å². The van der Waals surface area contributed by atoms with E-state index < -0.39 is 0 Å². The molecular weight excluding hydrogens is 330 g/mol. The van der Waals surface area contributed by atoms with Crippen molar-refractivity contribution in [3.05, 3.63) is 72.3 Å². The smallest absolute Gasteiger partial charge is 0.203 e. The van der Waals surface area contributed by atoms with Crippen LogP contribution in [-0.4, -0.2) is 18.0 Å². The minimum atomic E-state index is 0.161. The van der Waals surface area contributed by atoms with Gasteiger partial charge in [0.15, 0.2) is 0 Å². The Morgan fingerprint density at radius 3 is 1.89 bits per heavy atom. The molecule has 0 saturated carbocycles. The van der Waals surface area contributed by atoms with Crippen molar-refractivity contribution in [2.75, 3.05) is 9.80 Å². The van der Waals surface area contributed by atoms with Crippen molar-refractivity contribution in [3.8, 4) is 0 Å². The Hall–Kier alpha value is -2.81. The highest BCUT2D eigenvalue weighted by Crippen LogP contribution is 2.31. The predicted molar refractivity (Wildman–Crippen MR) is 118 cm³/mol. The van der Waals surface area contributed by atoms with Crippen LogP contribution < -0.4 is 9.80 Å². The molecule has 0 atom stereocenters. The Bertz CT molecular complexity index is 938. The second-order valence-electron chi connectivity index (χ2n) is 7.54. The van der Waals surface area contributed by atoms with Crippen molar-refractivity contribution in [3.63, 3.8) is 0 Å². The highest BCUT2D eigenvalue weighted by molar-refractivity contribution is 6.10. The van der Waals surface area contributed by atoms with Crippen molar-refractivity contribution in [2.24, 2.45) is 0 Å². The first-order chi connectivity index (χ1) is 12.9. The maximum atomic E-state index is 9.16. The standard InChI is InChI=1S/C24H29N3/c1-17(2)26(22-15-9-6-11-19(22)5)24(25)27(18(3)4)23-16-10-13-20-12-7-8-14-21(20)23/h6-18,25H,1-5H3. The van der Waals surface area contributed by atoms with Crippen LogP contribution in [0, 0.1) is 12.3 Å². The molecule has 0 radical (unpaired) electrons. The van der Waals surface area contributed by atoms with Gasteiger partial charge in [-0.2, -0.15) is 0 Å². The molecule has 3 aromatic carbocycles. The Labute approximate surface area is 162 Å². The molecule has 0 spiro atoms. The van der Waals surface area contributed by atoms with Crippen LogP contribution in [-0.2, 0) is 0 Å². The molecule has 0 unspecified atom stereocenters. The van der Waals surface area contributed by atoms with E-state index in [0.29, 0.717) is 5.96 Å². The quantitative estimate of drug-likeness (QED) is 0.443. The molecule has 0 bridgehead atoms. The molecule has 0 aliphatic rings. The van der Waals surface area contributed by atoms with Crippen molar-refractivity contribution in [2.45, 2.75) is 46.7 Å². The topological polar surface area (TPSA) is 30.3 Å². The van der Waals surface area contributed by atoms with Gasteiger partial charge in [-0.1, -0.05) is 54.6 Å². The highest BCUT2D eigenvalue weighted by atomic mass is 15.4. The zero-order valence-corrected chi connectivity index (χ0v) is 16.9. The summed E-state index contributed by atoms with van der Waals surface area (Å²) in [7, 11) is 0. The van der Waals surface area contributed by atoms with Gasteiger partial charge in [0.05, 0.1) is 5.69 Å². The fourth-order valence-corrected chi connectivity index (χ4v) is 3.64. The van der Waals surface area contributed by atoms with Gasteiger partial charge < -0.3 is 9.80 Å². The van der Waals surface area contributed by atoms with E-state index in [-0.39, 0.29) is 12.1 Å². The fraction of sp³-hybridized carbons (Fsp3) is 0.292. The van der Waals surface area contributed by atoms with Crippen LogP contribution >= 0.6 is 0 Å². The molecule has 140 valence electrons. The maximum absolute atomic E-state index is 9.16. The number of hydrogen-bond donors (Lipinski definition) is 1. The van der Waals surface area contributed by atoms with E-state index in [1.165, 1.54) is 16.3 Å². The van der Waals surface area contributed by atoms with Gasteiger partial charge in [0.25, 0.3) is 0 Å². The summed E-state index contributed by atoms with van der Waals surface area (Å²) in [5.74, 6) is 0.505. The third kappa shape index (κ3) is 3.68. The number of guanidine groups is 1. The number of nitrogens with zero attached hydrogens (tertiary/aromatic N) is 2. The van der Waals surface area contributed by atoms with Crippen molar-refractivity contribution in [1.82, 2.24) is 0 Å². The first kappa shape index (κ1) is 19.0. The Morgan fingerprint density at radius 1 is 0.704 bits per heavy atom. The lowest BCUT2D eigenvalue weighted by atomic mass is 10.1. The summed E-state index contributed by atoms with van der Waals surface area (Å²) in [6.45, 7) is 10.7. The van der Waals surface area contributed by atoms with Crippen LogP contribution in [0.3, 0.4) is 0 Å². The van der Waals surface area contributed by atoms with Gasteiger partial charge in [-0.25, -0.2) is 0 Å². The molecule has 0 aromatic heterocycles. The zero-order valence-electron chi connectivity index (χ0n) is 16.9. The third-order valence-corrected chi connectivity index (χ3v) is 4.89. The van der Waals surface area contributed by atoms with Crippen molar-refractivity contribution in [1.29, 1.82) is 5.41 Å². The van der Waals surface area contributed by atoms with Crippen LogP contribution in [0.4, 0.5) is 11.4 Å². The van der Waals surface area contributed by atoms with Gasteiger partial charge >= 0.3 is 0 Å². The average Bonchev–Trinajstić information content (AvgIpc) is 2.63. The molecule has 3 aromatic rings. The Kier molecular flexibility index (Phi) is 5.50. The lowest BCUT2D eigenvalue weighted by molar-refractivity contribution is 0.746. The molecule has 3 heteroatoms. The minimum absolute atomic E-state index is 0.161. The fourth-order valence-electron chi connectivity index (χ4n) is 3.64. The van der Waals surface area contributed by atoms with Gasteiger partial charge in [-0.3, -0.25) is 5.41 Å². The molecule has 0 fully saturated rings. The normalized spacial score (nSPS) is 11.2. The molecule has 0 saturated heterocycles. The zero-order chi connectivity index (χ0) is 19.6. The van der Waals surface area contributed by atoms with Gasteiger partial charge in [0.2, 0.25) is 5.96 Å². The lowest BCUT2D eigenvalue weighted by Crippen LogP contribution is -2.50. The average molecular weight is 360 g/mol. The van der Waals surface area contributed by atoms with E-state index in [0.717, 1.165) is 11.4 Å². The van der Waals surface area contributed by atoms with Gasteiger partial charge in [-0.05, 0) is 57.7 Å². The second-order valence-corrected chi connectivity index (χ2v) is 7.54. The van der Waals surface area contributed by atoms with Crippen LogP contribution in [0.2, 0.25) is 0 Å². The monoisotopic (exact) mass is 359 g/mol. The first-order valence-corrected chi connectivity index (χ1v) is 9.62. The SMILES string of the molecule is Cc1ccccc1N(C(=N)N(c1cccc2ccccc12)C(C)C)C(C)C. The summed E-state index contributed by atoms with van der Waals surface area (Å²) in [5.41, 5.74) is 3.34. The van der Waals surface area contributed by atoms with E-state index in [1.807, 2.05) is 12.1 Å². The molecule has 27 heavy (non-hydrogen) atoms. The number of rotatable bonds is 4. The number of fused-ring (bicyclic) bond motifs is 1. The summed E-state index contributed by atoms with van der Waals surface area (Å²) in [5, 5.41) is 11.5. The summed E-state index contributed by atoms with van der Waals surface area (Å²) in [6, 6.07) is 23.4. The van der Waals surface area contributed by atoms with Crippen LogP contribution in [0.5, 0.6) is 0 Å². The molecule has 3 rings (SSSR count). The van der Waals surface area contributed by atoms with E-state index in [4.69, 9.17) is 5.41 Å². The third-order valence-electron chi connectivity index (χ3n) is 4.89. The minimum Gasteiger partial charge on any atom is -0.310 e. The summed E-state index contributed by atoms with van der Waals surface area (Å²) in [6.07, 6.45) is 0. The molecule has 1 N–H and O–H groups in total. The summed E-state index contributed by atoms with van der Waals surface area (Å²) >= 11 is 0. The molecule has 3 nitrogen and oxygen atoms in total. The Morgan fingerprint density at radius 2 is 1.22 bits per heavy atom. The largest absolute Gasteiger partial charge is 0.310 e. The summed E-state index contributed by atoms with van der Waals surface area (Å²) < 4.78 is 0. The number of anilines is 2. The number of para-hydroxylation sites is 1. The summed E-state index contributed by atoms with van der Waals surface area (Å²) in [4.78, 5) is 4.26. The maximum Gasteiger partial charge on any atom is 0.203 e. The van der Waals surface area contributed by atoms with Gasteiger partial charge in [0.1, 0.15) is 0 Å². The first-order valence-electron chi connectivity index (χ1n) is 9.62. The van der Waals surface area contributed by atoms with E-state index in [1.54, 1.807) is 0 Å². The molecule has 0 aliphatic heterocycles. The van der Waals surface area contributed by atoms with Gasteiger partial charge in [-0.15, -0.1) is 0 Å². The number of nitrogens with one attached hydrogen (secondary N) is 1. The predicted octanol–water partition coefficient (Wildman–Crippen LogP) is 6.21. The molecule has 0 amide bonds. The van der Waals surface area contributed by atoms with Crippen LogP contribution in [0.25, 0.3) is 10.8 Å².